The third-order valence-corrected chi connectivity index (χ3v) is 3.76. The fourth-order valence-electron chi connectivity index (χ4n) is 2.63. The second-order valence-electron chi connectivity index (χ2n) is 5.36. The normalized spacial score (nSPS) is 12.6. The molecule has 1 aromatic heterocycles. The first-order valence-electron chi connectivity index (χ1n) is 6.91. The minimum atomic E-state index is 0.260. The molecular formula is C17H19N3. The van der Waals surface area contributed by atoms with E-state index >= 15 is 0 Å². The zero-order chi connectivity index (χ0) is 14.1. The van der Waals surface area contributed by atoms with Crippen molar-refractivity contribution >= 4 is 16.6 Å². The first-order valence-corrected chi connectivity index (χ1v) is 6.91. The van der Waals surface area contributed by atoms with Gasteiger partial charge in [0.15, 0.2) is 0 Å². The van der Waals surface area contributed by atoms with Gasteiger partial charge in [-0.25, -0.2) is 0 Å². The van der Waals surface area contributed by atoms with Gasteiger partial charge in [-0.1, -0.05) is 29.8 Å². The van der Waals surface area contributed by atoms with Crippen molar-refractivity contribution in [3.05, 3.63) is 59.3 Å². The number of hydrogen-bond acceptors (Lipinski definition) is 2. The average molecular weight is 265 g/mol. The fourth-order valence-corrected chi connectivity index (χ4v) is 2.63. The molecule has 102 valence electrons. The Bertz CT molecular complexity index is 743. The molecule has 1 unspecified atom stereocenters. The molecule has 20 heavy (non-hydrogen) atoms. The van der Waals surface area contributed by atoms with E-state index in [0.29, 0.717) is 0 Å². The summed E-state index contributed by atoms with van der Waals surface area (Å²) in [5.74, 6) is 0. The summed E-state index contributed by atoms with van der Waals surface area (Å²) < 4.78 is 0. The van der Waals surface area contributed by atoms with Crippen LogP contribution in [-0.2, 0) is 0 Å². The Balaban J connectivity index is 1.94. The molecule has 1 atom stereocenters. The Morgan fingerprint density at radius 1 is 1.15 bits per heavy atom. The summed E-state index contributed by atoms with van der Waals surface area (Å²) in [6.07, 6.45) is 1.87. The molecule has 0 spiro atoms. The summed E-state index contributed by atoms with van der Waals surface area (Å²) in [5.41, 5.74) is 6.12. The van der Waals surface area contributed by atoms with Gasteiger partial charge < -0.3 is 5.32 Å². The number of benzene rings is 2. The first kappa shape index (κ1) is 12.7. The van der Waals surface area contributed by atoms with Gasteiger partial charge in [0, 0.05) is 17.1 Å². The molecule has 2 N–H and O–H groups in total. The van der Waals surface area contributed by atoms with Crippen molar-refractivity contribution in [3.63, 3.8) is 0 Å². The van der Waals surface area contributed by atoms with E-state index in [2.05, 4.69) is 60.6 Å². The third kappa shape index (κ3) is 2.27. The molecule has 0 bridgehead atoms. The van der Waals surface area contributed by atoms with Crippen molar-refractivity contribution in [2.45, 2.75) is 26.8 Å². The summed E-state index contributed by atoms with van der Waals surface area (Å²) in [6, 6.07) is 13.0. The molecule has 2 aromatic carbocycles. The first-order chi connectivity index (χ1) is 9.65. The summed E-state index contributed by atoms with van der Waals surface area (Å²) in [4.78, 5) is 0. The Morgan fingerprint density at radius 3 is 2.85 bits per heavy atom. The molecule has 3 heteroatoms. The number of anilines is 1. The maximum absolute atomic E-state index is 4.11. The quantitative estimate of drug-likeness (QED) is 0.739. The monoisotopic (exact) mass is 265 g/mol. The van der Waals surface area contributed by atoms with Crippen LogP contribution in [0.3, 0.4) is 0 Å². The number of aromatic nitrogens is 2. The van der Waals surface area contributed by atoms with E-state index in [4.69, 9.17) is 0 Å². The number of aromatic amines is 1. The van der Waals surface area contributed by atoms with Gasteiger partial charge in [-0.3, -0.25) is 5.10 Å². The van der Waals surface area contributed by atoms with Gasteiger partial charge in [0.1, 0.15) is 0 Å². The summed E-state index contributed by atoms with van der Waals surface area (Å²) in [7, 11) is 0. The lowest BCUT2D eigenvalue weighted by atomic mass is 9.99. The molecule has 3 rings (SSSR count). The van der Waals surface area contributed by atoms with Crippen molar-refractivity contribution in [1.82, 2.24) is 10.2 Å². The van der Waals surface area contributed by atoms with E-state index in [9.17, 15) is 0 Å². The molecule has 0 aliphatic rings. The van der Waals surface area contributed by atoms with Gasteiger partial charge in [-0.2, -0.15) is 5.10 Å². The zero-order valence-electron chi connectivity index (χ0n) is 12.1. The highest BCUT2D eigenvalue weighted by Gasteiger charge is 2.10. The van der Waals surface area contributed by atoms with Gasteiger partial charge in [-0.15, -0.1) is 0 Å². The van der Waals surface area contributed by atoms with E-state index in [1.165, 1.54) is 16.7 Å². The predicted molar refractivity (Wildman–Crippen MR) is 84.0 cm³/mol. The van der Waals surface area contributed by atoms with E-state index < -0.39 is 0 Å². The van der Waals surface area contributed by atoms with Crippen LogP contribution < -0.4 is 5.32 Å². The minimum absolute atomic E-state index is 0.260. The summed E-state index contributed by atoms with van der Waals surface area (Å²) in [5, 5.41) is 11.8. The Morgan fingerprint density at radius 2 is 2.00 bits per heavy atom. The van der Waals surface area contributed by atoms with E-state index in [1.807, 2.05) is 18.3 Å². The van der Waals surface area contributed by atoms with Crippen LogP contribution in [0, 0.1) is 13.8 Å². The van der Waals surface area contributed by atoms with Crippen molar-refractivity contribution < 1.29 is 0 Å². The van der Waals surface area contributed by atoms with Crippen molar-refractivity contribution in [1.29, 1.82) is 0 Å². The van der Waals surface area contributed by atoms with Crippen molar-refractivity contribution in [2.24, 2.45) is 0 Å². The number of rotatable bonds is 3. The Labute approximate surface area is 119 Å². The summed E-state index contributed by atoms with van der Waals surface area (Å²) >= 11 is 0. The number of fused-ring (bicyclic) bond motifs is 1. The van der Waals surface area contributed by atoms with Gasteiger partial charge >= 0.3 is 0 Å². The highest BCUT2D eigenvalue weighted by molar-refractivity contribution is 5.91. The molecule has 0 amide bonds. The molecule has 0 aliphatic carbocycles. The van der Waals surface area contributed by atoms with Crippen LogP contribution in [0.2, 0.25) is 0 Å². The predicted octanol–water partition coefficient (Wildman–Crippen LogP) is 4.35. The molecule has 1 heterocycles. The number of nitrogens with one attached hydrogen (secondary N) is 2. The third-order valence-electron chi connectivity index (χ3n) is 3.76. The molecule has 3 nitrogen and oxygen atoms in total. The van der Waals surface area contributed by atoms with Crippen LogP contribution >= 0.6 is 0 Å². The van der Waals surface area contributed by atoms with Crippen LogP contribution in [0.25, 0.3) is 10.9 Å². The van der Waals surface area contributed by atoms with Gasteiger partial charge in [0.2, 0.25) is 0 Å². The molecule has 0 aliphatic heterocycles. The van der Waals surface area contributed by atoms with Gasteiger partial charge in [0.05, 0.1) is 11.7 Å². The topological polar surface area (TPSA) is 40.7 Å². The molecule has 0 saturated carbocycles. The van der Waals surface area contributed by atoms with Gasteiger partial charge in [-0.05, 0) is 44.0 Å². The maximum atomic E-state index is 4.11. The van der Waals surface area contributed by atoms with Crippen LogP contribution in [0.4, 0.5) is 5.69 Å². The highest BCUT2D eigenvalue weighted by atomic mass is 15.1. The van der Waals surface area contributed by atoms with Crippen LogP contribution in [0.5, 0.6) is 0 Å². The van der Waals surface area contributed by atoms with Crippen LogP contribution in [-0.4, -0.2) is 10.2 Å². The average Bonchev–Trinajstić information content (AvgIpc) is 2.91. The smallest absolute Gasteiger partial charge is 0.0671 e. The number of hydrogen-bond donors (Lipinski definition) is 2. The highest BCUT2D eigenvalue weighted by Crippen LogP contribution is 2.27. The lowest BCUT2D eigenvalue weighted by Gasteiger charge is -2.19. The SMILES string of the molecule is Cc1ccc(C)c(C(C)Nc2cccc3[nH]ncc23)c1. The maximum Gasteiger partial charge on any atom is 0.0671 e. The van der Waals surface area contributed by atoms with Gasteiger partial charge in [0.25, 0.3) is 0 Å². The molecular weight excluding hydrogens is 246 g/mol. The van der Waals surface area contributed by atoms with Crippen LogP contribution in [0.1, 0.15) is 29.7 Å². The number of H-pyrrole nitrogens is 1. The van der Waals surface area contributed by atoms with Crippen LogP contribution in [0.15, 0.2) is 42.6 Å². The fraction of sp³-hybridized carbons (Fsp3) is 0.235. The lowest BCUT2D eigenvalue weighted by Crippen LogP contribution is -2.08. The van der Waals surface area contributed by atoms with E-state index in [-0.39, 0.29) is 6.04 Å². The van der Waals surface area contributed by atoms with E-state index in [0.717, 1.165) is 16.6 Å². The zero-order valence-corrected chi connectivity index (χ0v) is 12.1. The molecule has 0 radical (unpaired) electrons. The number of nitrogens with zero attached hydrogens (tertiary/aromatic N) is 1. The molecule has 3 aromatic rings. The van der Waals surface area contributed by atoms with Crippen molar-refractivity contribution in [3.8, 4) is 0 Å². The lowest BCUT2D eigenvalue weighted by molar-refractivity contribution is 0.874. The molecule has 0 saturated heterocycles. The second kappa shape index (κ2) is 5.00. The number of aryl methyl sites for hydroxylation is 2. The summed E-state index contributed by atoms with van der Waals surface area (Å²) in [6.45, 7) is 6.48. The Kier molecular flexibility index (Phi) is 3.18. The Hall–Kier alpha value is -2.29. The molecule has 0 fully saturated rings. The minimum Gasteiger partial charge on any atom is -0.378 e. The largest absolute Gasteiger partial charge is 0.378 e. The van der Waals surface area contributed by atoms with E-state index in [1.54, 1.807) is 0 Å². The van der Waals surface area contributed by atoms with Crippen molar-refractivity contribution in [2.75, 3.05) is 5.32 Å². The standard InChI is InChI=1S/C17H19N3/c1-11-7-8-12(2)14(9-11)13(3)19-16-5-4-6-17-15(16)10-18-20-17/h4-10,13,19H,1-3H3,(H,18,20). The second-order valence-corrected chi connectivity index (χ2v) is 5.36.